The molecular formula is C14H16F2N2O3. The fourth-order valence-electron chi connectivity index (χ4n) is 2.44. The monoisotopic (exact) mass is 298 g/mol. The number of halogens is 2. The predicted octanol–water partition coefficient (Wildman–Crippen LogP) is 1.77. The Hall–Kier alpha value is -2.18. The highest BCUT2D eigenvalue weighted by molar-refractivity contribution is 5.83. The molecule has 0 spiro atoms. The van der Waals surface area contributed by atoms with Gasteiger partial charge in [-0.15, -0.1) is 0 Å². The van der Waals surface area contributed by atoms with Crippen LogP contribution in [0.4, 0.5) is 13.6 Å². The molecule has 0 radical (unpaired) electrons. The van der Waals surface area contributed by atoms with Crippen molar-refractivity contribution in [2.45, 2.75) is 25.3 Å². The van der Waals surface area contributed by atoms with Crippen LogP contribution < -0.4 is 5.32 Å². The highest BCUT2D eigenvalue weighted by Crippen LogP contribution is 2.17. The topological polar surface area (TPSA) is 69.6 Å². The lowest BCUT2D eigenvalue weighted by molar-refractivity contribution is -0.141. The van der Waals surface area contributed by atoms with Gasteiger partial charge in [-0.25, -0.2) is 18.4 Å². The van der Waals surface area contributed by atoms with Crippen LogP contribution >= 0.6 is 0 Å². The standard InChI is InChI=1S/C14H16F2N2O3/c15-10-6-9(7-11(16)8-10)3-4-17-14(21)18-5-1-2-12(18)13(19)20/h6-8,12H,1-5H2,(H,17,21)(H,19,20). The summed E-state index contributed by atoms with van der Waals surface area (Å²) in [5.41, 5.74) is 0.434. The van der Waals surface area contributed by atoms with E-state index < -0.39 is 29.7 Å². The second-order valence-corrected chi connectivity index (χ2v) is 4.95. The molecule has 1 heterocycles. The first kappa shape index (κ1) is 15.2. The Bertz CT molecular complexity index is 531. The van der Waals surface area contributed by atoms with Gasteiger partial charge in [-0.1, -0.05) is 0 Å². The number of amides is 2. The summed E-state index contributed by atoms with van der Waals surface area (Å²) >= 11 is 0. The summed E-state index contributed by atoms with van der Waals surface area (Å²) in [6.45, 7) is 0.585. The number of likely N-dealkylation sites (tertiary alicyclic amines) is 1. The van der Waals surface area contributed by atoms with Crippen molar-refractivity contribution < 1.29 is 23.5 Å². The van der Waals surface area contributed by atoms with E-state index in [-0.39, 0.29) is 13.0 Å². The minimum Gasteiger partial charge on any atom is -0.480 e. The average molecular weight is 298 g/mol. The number of benzene rings is 1. The molecule has 114 valence electrons. The van der Waals surface area contributed by atoms with E-state index in [4.69, 9.17) is 5.11 Å². The highest BCUT2D eigenvalue weighted by Gasteiger charge is 2.33. The molecule has 2 rings (SSSR count). The summed E-state index contributed by atoms with van der Waals surface area (Å²) in [7, 11) is 0. The first-order chi connectivity index (χ1) is 9.97. The van der Waals surface area contributed by atoms with Gasteiger partial charge in [0.25, 0.3) is 0 Å². The van der Waals surface area contributed by atoms with E-state index in [0.717, 1.165) is 6.07 Å². The second-order valence-electron chi connectivity index (χ2n) is 4.95. The molecule has 1 aromatic rings. The Labute approximate surface area is 120 Å². The molecule has 1 atom stereocenters. The summed E-state index contributed by atoms with van der Waals surface area (Å²) in [6.07, 6.45) is 1.36. The van der Waals surface area contributed by atoms with Crippen LogP contribution in [-0.2, 0) is 11.2 Å². The Morgan fingerprint density at radius 1 is 1.29 bits per heavy atom. The van der Waals surface area contributed by atoms with Crippen molar-refractivity contribution in [1.29, 1.82) is 0 Å². The fourth-order valence-corrected chi connectivity index (χ4v) is 2.44. The number of carbonyl (C=O) groups is 2. The third-order valence-corrected chi connectivity index (χ3v) is 3.41. The van der Waals surface area contributed by atoms with Gasteiger partial charge in [0, 0.05) is 19.2 Å². The van der Waals surface area contributed by atoms with Gasteiger partial charge in [-0.3, -0.25) is 0 Å². The molecule has 2 N–H and O–H groups in total. The average Bonchev–Trinajstić information content (AvgIpc) is 2.86. The third kappa shape index (κ3) is 3.90. The fraction of sp³-hybridized carbons (Fsp3) is 0.429. The summed E-state index contributed by atoms with van der Waals surface area (Å²) in [4.78, 5) is 24.1. The number of carbonyl (C=O) groups excluding carboxylic acids is 1. The number of rotatable bonds is 4. The molecule has 1 aromatic carbocycles. The van der Waals surface area contributed by atoms with Crippen LogP contribution in [0.1, 0.15) is 18.4 Å². The van der Waals surface area contributed by atoms with Crippen molar-refractivity contribution in [3.63, 3.8) is 0 Å². The third-order valence-electron chi connectivity index (χ3n) is 3.41. The van der Waals surface area contributed by atoms with Crippen molar-refractivity contribution in [1.82, 2.24) is 10.2 Å². The van der Waals surface area contributed by atoms with Crippen molar-refractivity contribution in [3.8, 4) is 0 Å². The van der Waals surface area contributed by atoms with E-state index in [1.54, 1.807) is 0 Å². The number of hydrogen-bond acceptors (Lipinski definition) is 2. The molecule has 1 aliphatic heterocycles. The first-order valence-electron chi connectivity index (χ1n) is 6.69. The normalized spacial score (nSPS) is 17.8. The lowest BCUT2D eigenvalue weighted by Gasteiger charge is -2.21. The van der Waals surface area contributed by atoms with Crippen LogP contribution in [-0.4, -0.2) is 41.1 Å². The minimum atomic E-state index is -1.02. The van der Waals surface area contributed by atoms with Crippen molar-refractivity contribution in [3.05, 3.63) is 35.4 Å². The van der Waals surface area contributed by atoms with Crippen molar-refractivity contribution >= 4 is 12.0 Å². The lowest BCUT2D eigenvalue weighted by Crippen LogP contribution is -2.46. The molecule has 21 heavy (non-hydrogen) atoms. The number of carboxylic acids is 1. The van der Waals surface area contributed by atoms with Gasteiger partial charge in [0.1, 0.15) is 17.7 Å². The highest BCUT2D eigenvalue weighted by atomic mass is 19.1. The maximum atomic E-state index is 13.0. The Morgan fingerprint density at radius 3 is 2.57 bits per heavy atom. The van der Waals surface area contributed by atoms with Gasteiger partial charge in [0.05, 0.1) is 0 Å². The smallest absolute Gasteiger partial charge is 0.326 e. The summed E-state index contributed by atoms with van der Waals surface area (Å²) in [6, 6.07) is 1.92. The van der Waals surface area contributed by atoms with Crippen LogP contribution in [0.25, 0.3) is 0 Å². The van der Waals surface area contributed by atoms with Crippen molar-refractivity contribution in [2.75, 3.05) is 13.1 Å². The molecule has 5 nitrogen and oxygen atoms in total. The van der Waals surface area contributed by atoms with E-state index in [9.17, 15) is 18.4 Å². The second kappa shape index (κ2) is 6.51. The molecule has 1 saturated heterocycles. The molecule has 1 unspecified atom stereocenters. The van der Waals surface area contributed by atoms with Crippen LogP contribution in [0.2, 0.25) is 0 Å². The largest absolute Gasteiger partial charge is 0.480 e. The summed E-state index contributed by atoms with van der Waals surface area (Å²) in [5, 5.41) is 11.6. The van der Waals surface area contributed by atoms with E-state index >= 15 is 0 Å². The zero-order valence-corrected chi connectivity index (χ0v) is 11.3. The summed E-state index contributed by atoms with van der Waals surface area (Å²) in [5.74, 6) is -2.35. The molecule has 7 heteroatoms. The first-order valence-corrected chi connectivity index (χ1v) is 6.69. The van der Waals surface area contributed by atoms with E-state index in [2.05, 4.69) is 5.32 Å². The molecule has 0 aliphatic carbocycles. The predicted molar refractivity (Wildman–Crippen MR) is 70.8 cm³/mol. The maximum absolute atomic E-state index is 13.0. The number of urea groups is 1. The number of carboxylic acid groups (broad SMARTS) is 1. The van der Waals surface area contributed by atoms with Gasteiger partial charge in [0.15, 0.2) is 0 Å². The van der Waals surface area contributed by atoms with Crippen LogP contribution in [0.5, 0.6) is 0 Å². The molecule has 0 bridgehead atoms. The Morgan fingerprint density at radius 2 is 1.95 bits per heavy atom. The van der Waals surface area contributed by atoms with E-state index in [1.807, 2.05) is 0 Å². The van der Waals surface area contributed by atoms with Gasteiger partial charge < -0.3 is 15.3 Å². The van der Waals surface area contributed by atoms with Gasteiger partial charge in [-0.05, 0) is 37.0 Å². The summed E-state index contributed by atoms with van der Waals surface area (Å²) < 4.78 is 26.0. The number of nitrogens with zero attached hydrogens (tertiary/aromatic N) is 1. The van der Waals surface area contributed by atoms with Gasteiger partial charge in [0.2, 0.25) is 0 Å². The number of nitrogens with one attached hydrogen (secondary N) is 1. The maximum Gasteiger partial charge on any atom is 0.326 e. The minimum absolute atomic E-state index is 0.185. The Kier molecular flexibility index (Phi) is 4.72. The van der Waals surface area contributed by atoms with Gasteiger partial charge >= 0.3 is 12.0 Å². The number of aliphatic carboxylic acids is 1. The van der Waals surface area contributed by atoms with Crippen molar-refractivity contribution in [2.24, 2.45) is 0 Å². The number of hydrogen-bond donors (Lipinski definition) is 2. The SMILES string of the molecule is O=C(O)C1CCCN1C(=O)NCCc1cc(F)cc(F)c1. The molecule has 0 aromatic heterocycles. The molecular weight excluding hydrogens is 282 g/mol. The van der Waals surface area contributed by atoms with Crippen LogP contribution in [0.15, 0.2) is 18.2 Å². The quantitative estimate of drug-likeness (QED) is 0.890. The zero-order chi connectivity index (χ0) is 15.4. The van der Waals surface area contributed by atoms with Crippen LogP contribution in [0, 0.1) is 11.6 Å². The zero-order valence-electron chi connectivity index (χ0n) is 11.3. The van der Waals surface area contributed by atoms with E-state index in [1.165, 1.54) is 17.0 Å². The van der Waals surface area contributed by atoms with E-state index in [0.29, 0.717) is 24.9 Å². The Balaban J connectivity index is 1.85. The van der Waals surface area contributed by atoms with Crippen LogP contribution in [0.3, 0.4) is 0 Å². The molecule has 2 amide bonds. The molecule has 0 saturated carbocycles. The van der Waals surface area contributed by atoms with Gasteiger partial charge in [-0.2, -0.15) is 0 Å². The molecule has 1 fully saturated rings. The lowest BCUT2D eigenvalue weighted by atomic mass is 10.1. The molecule has 1 aliphatic rings.